The summed E-state index contributed by atoms with van der Waals surface area (Å²) in [6.07, 6.45) is 5.89. The molecule has 0 unspecified atom stereocenters. The van der Waals surface area contributed by atoms with Gasteiger partial charge in [-0.05, 0) is 36.8 Å². The minimum atomic E-state index is 0.209. The van der Waals surface area contributed by atoms with Gasteiger partial charge < -0.3 is 0 Å². The molecule has 68 valence electrons. The van der Waals surface area contributed by atoms with Crippen LogP contribution >= 0.6 is 0 Å². The zero-order valence-corrected chi connectivity index (χ0v) is 8.13. The van der Waals surface area contributed by atoms with E-state index < -0.39 is 0 Å². The molecule has 1 saturated carbocycles. The summed E-state index contributed by atoms with van der Waals surface area (Å²) >= 11 is 0. The highest BCUT2D eigenvalue weighted by Crippen LogP contribution is 2.66. The van der Waals surface area contributed by atoms with E-state index in [0.29, 0.717) is 5.78 Å². The summed E-state index contributed by atoms with van der Waals surface area (Å²) in [5.74, 6) is 1.92. The van der Waals surface area contributed by atoms with Crippen molar-refractivity contribution >= 4 is 5.78 Å². The number of carbonyl (C=O) groups excluding carboxylic acids is 1. The van der Waals surface area contributed by atoms with E-state index in [1.807, 2.05) is 0 Å². The maximum Gasteiger partial charge on any atom is 0.156 e. The van der Waals surface area contributed by atoms with Crippen LogP contribution in [0.5, 0.6) is 0 Å². The van der Waals surface area contributed by atoms with Crippen LogP contribution in [0.2, 0.25) is 0 Å². The molecular formula is C12H14O. The van der Waals surface area contributed by atoms with Crippen molar-refractivity contribution in [3.63, 3.8) is 0 Å². The average Bonchev–Trinajstić information content (AvgIpc) is 2.78. The molecule has 1 heteroatoms. The molecule has 3 atom stereocenters. The van der Waals surface area contributed by atoms with Crippen LogP contribution in [0.25, 0.3) is 0 Å². The fourth-order valence-electron chi connectivity index (χ4n) is 3.37. The Labute approximate surface area is 78.5 Å². The van der Waals surface area contributed by atoms with E-state index in [4.69, 9.17) is 0 Å². The SMILES string of the molecule is CC1=C2C=CC(=O)C[C@@]2(C)[C@@H]2C[C@H]12. The van der Waals surface area contributed by atoms with Gasteiger partial charge in [-0.15, -0.1) is 0 Å². The third kappa shape index (κ3) is 0.756. The lowest BCUT2D eigenvalue weighted by molar-refractivity contribution is -0.116. The summed E-state index contributed by atoms with van der Waals surface area (Å²) in [5.41, 5.74) is 3.23. The minimum absolute atomic E-state index is 0.209. The molecule has 0 N–H and O–H groups in total. The van der Waals surface area contributed by atoms with Gasteiger partial charge in [0.2, 0.25) is 0 Å². The van der Waals surface area contributed by atoms with Crippen molar-refractivity contribution in [2.75, 3.05) is 0 Å². The Morgan fingerprint density at radius 3 is 3.00 bits per heavy atom. The Morgan fingerprint density at radius 2 is 2.23 bits per heavy atom. The molecule has 0 aromatic carbocycles. The topological polar surface area (TPSA) is 17.1 Å². The highest BCUT2D eigenvalue weighted by molar-refractivity contribution is 5.93. The molecule has 3 rings (SSSR count). The van der Waals surface area contributed by atoms with E-state index in [1.54, 1.807) is 11.6 Å². The minimum Gasteiger partial charge on any atom is -0.295 e. The van der Waals surface area contributed by atoms with E-state index in [0.717, 1.165) is 18.3 Å². The molecule has 0 bridgehead atoms. The lowest BCUT2D eigenvalue weighted by Crippen LogP contribution is -2.25. The molecule has 0 aromatic rings. The van der Waals surface area contributed by atoms with Gasteiger partial charge in [0.15, 0.2) is 5.78 Å². The molecule has 0 aliphatic heterocycles. The molecule has 0 saturated heterocycles. The van der Waals surface area contributed by atoms with Crippen LogP contribution in [-0.2, 0) is 4.79 Å². The highest BCUT2D eigenvalue weighted by Gasteiger charge is 2.58. The van der Waals surface area contributed by atoms with Crippen molar-refractivity contribution in [3.05, 3.63) is 23.3 Å². The molecular weight excluding hydrogens is 160 g/mol. The van der Waals surface area contributed by atoms with Gasteiger partial charge >= 0.3 is 0 Å². The summed E-state index contributed by atoms with van der Waals surface area (Å²) in [4.78, 5) is 11.4. The number of hydrogen-bond acceptors (Lipinski definition) is 1. The van der Waals surface area contributed by atoms with Gasteiger partial charge in [-0.25, -0.2) is 0 Å². The van der Waals surface area contributed by atoms with Gasteiger partial charge in [0.05, 0.1) is 0 Å². The first-order valence-corrected chi connectivity index (χ1v) is 5.05. The van der Waals surface area contributed by atoms with E-state index in [9.17, 15) is 4.79 Å². The first-order valence-electron chi connectivity index (χ1n) is 5.05. The Balaban J connectivity index is 2.16. The van der Waals surface area contributed by atoms with Crippen molar-refractivity contribution in [1.82, 2.24) is 0 Å². The molecule has 3 aliphatic rings. The van der Waals surface area contributed by atoms with Gasteiger partial charge in [-0.2, -0.15) is 0 Å². The summed E-state index contributed by atoms with van der Waals surface area (Å²) in [6, 6.07) is 0. The number of allylic oxidation sites excluding steroid dienone is 4. The number of fused-ring (bicyclic) bond motifs is 3. The number of ketones is 1. The fraction of sp³-hybridized carbons (Fsp3) is 0.583. The molecule has 1 fully saturated rings. The Morgan fingerprint density at radius 1 is 1.46 bits per heavy atom. The molecule has 0 aromatic heterocycles. The summed E-state index contributed by atoms with van der Waals surface area (Å²) in [7, 11) is 0. The lowest BCUT2D eigenvalue weighted by atomic mass is 9.72. The second-order valence-electron chi connectivity index (χ2n) is 4.94. The largest absolute Gasteiger partial charge is 0.295 e. The van der Waals surface area contributed by atoms with Crippen LogP contribution in [0.4, 0.5) is 0 Å². The van der Waals surface area contributed by atoms with Crippen molar-refractivity contribution in [2.45, 2.75) is 26.7 Å². The van der Waals surface area contributed by atoms with E-state index in [-0.39, 0.29) is 5.41 Å². The summed E-state index contributed by atoms with van der Waals surface area (Å²) in [6.45, 7) is 4.51. The predicted molar refractivity (Wildman–Crippen MR) is 51.2 cm³/mol. The maximum atomic E-state index is 11.4. The third-order valence-corrected chi connectivity index (χ3v) is 4.18. The van der Waals surface area contributed by atoms with E-state index in [1.165, 1.54) is 12.0 Å². The second-order valence-corrected chi connectivity index (χ2v) is 4.94. The van der Waals surface area contributed by atoms with Crippen molar-refractivity contribution < 1.29 is 4.79 Å². The monoisotopic (exact) mass is 174 g/mol. The van der Waals surface area contributed by atoms with Gasteiger partial charge in [0.1, 0.15) is 0 Å². The average molecular weight is 174 g/mol. The molecule has 0 radical (unpaired) electrons. The molecule has 0 spiro atoms. The molecule has 1 nitrogen and oxygen atoms in total. The first-order chi connectivity index (χ1) is 6.13. The van der Waals surface area contributed by atoms with Crippen LogP contribution in [0.15, 0.2) is 23.3 Å². The number of hydrogen-bond donors (Lipinski definition) is 0. The van der Waals surface area contributed by atoms with Crippen molar-refractivity contribution in [2.24, 2.45) is 17.3 Å². The number of carbonyl (C=O) groups is 1. The van der Waals surface area contributed by atoms with Crippen LogP contribution in [0.1, 0.15) is 26.7 Å². The standard InChI is InChI=1S/C12H14O/c1-7-9-5-11(9)12(2)6-8(13)3-4-10(7)12/h3-4,9,11H,5-6H2,1-2H3/t9-,11-,12-/m1/s1. The second kappa shape index (κ2) is 1.97. The fourth-order valence-corrected chi connectivity index (χ4v) is 3.37. The molecule has 13 heavy (non-hydrogen) atoms. The number of rotatable bonds is 0. The zero-order chi connectivity index (χ0) is 9.22. The summed E-state index contributed by atoms with van der Waals surface area (Å²) in [5, 5.41) is 0. The predicted octanol–water partition coefficient (Wildman–Crippen LogP) is 2.49. The molecule has 0 amide bonds. The van der Waals surface area contributed by atoms with Crippen LogP contribution in [-0.4, -0.2) is 5.78 Å². The molecule has 3 aliphatic carbocycles. The van der Waals surface area contributed by atoms with Crippen LogP contribution < -0.4 is 0 Å². The van der Waals surface area contributed by atoms with Crippen LogP contribution in [0.3, 0.4) is 0 Å². The molecule has 0 heterocycles. The van der Waals surface area contributed by atoms with Gasteiger partial charge in [0, 0.05) is 11.8 Å². The highest BCUT2D eigenvalue weighted by atomic mass is 16.1. The normalized spacial score (nSPS) is 46.5. The Hall–Kier alpha value is -0.850. The lowest BCUT2D eigenvalue weighted by Gasteiger charge is -2.30. The zero-order valence-electron chi connectivity index (χ0n) is 8.13. The Kier molecular flexibility index (Phi) is 1.14. The van der Waals surface area contributed by atoms with Crippen LogP contribution in [0, 0.1) is 17.3 Å². The van der Waals surface area contributed by atoms with Crippen molar-refractivity contribution in [3.8, 4) is 0 Å². The smallest absolute Gasteiger partial charge is 0.156 e. The van der Waals surface area contributed by atoms with Crippen molar-refractivity contribution in [1.29, 1.82) is 0 Å². The maximum absolute atomic E-state index is 11.4. The summed E-state index contributed by atoms with van der Waals surface area (Å²) < 4.78 is 0. The van der Waals surface area contributed by atoms with Gasteiger partial charge in [-0.1, -0.05) is 18.6 Å². The van der Waals surface area contributed by atoms with Gasteiger partial charge in [-0.3, -0.25) is 4.79 Å². The third-order valence-electron chi connectivity index (χ3n) is 4.18. The quantitative estimate of drug-likeness (QED) is 0.551. The van der Waals surface area contributed by atoms with Gasteiger partial charge in [0.25, 0.3) is 0 Å². The first kappa shape index (κ1) is 7.54. The van der Waals surface area contributed by atoms with E-state index in [2.05, 4.69) is 19.9 Å². The Bertz CT molecular complexity index is 361. The van der Waals surface area contributed by atoms with E-state index >= 15 is 0 Å².